The van der Waals surface area contributed by atoms with Gasteiger partial charge in [-0.05, 0) is 44.4 Å². The van der Waals surface area contributed by atoms with Crippen LogP contribution in [0.2, 0.25) is 0 Å². The van der Waals surface area contributed by atoms with Crippen molar-refractivity contribution in [2.45, 2.75) is 32.7 Å². The largest absolute Gasteiger partial charge is 0.376 e. The molecule has 0 saturated carbocycles. The van der Waals surface area contributed by atoms with Gasteiger partial charge in [0.15, 0.2) is 0 Å². The quantitative estimate of drug-likeness (QED) is 0.793. The van der Waals surface area contributed by atoms with E-state index in [9.17, 15) is 4.79 Å². The molecule has 0 bridgehead atoms. The molecule has 6 heteroatoms. The van der Waals surface area contributed by atoms with E-state index in [1.165, 1.54) is 11.1 Å². The van der Waals surface area contributed by atoms with Crippen molar-refractivity contribution in [2.75, 3.05) is 25.0 Å². The number of carbonyl (C=O) groups excluding carboxylic acids is 1. The second kappa shape index (κ2) is 9.87. The zero-order valence-corrected chi connectivity index (χ0v) is 14.2. The molecular formula is C15H25Cl2N3O. The molecule has 1 saturated heterocycles. The molecule has 1 aromatic carbocycles. The minimum Gasteiger partial charge on any atom is -0.376 e. The molecular weight excluding hydrogens is 309 g/mol. The summed E-state index contributed by atoms with van der Waals surface area (Å²) in [7, 11) is 0. The van der Waals surface area contributed by atoms with E-state index in [4.69, 9.17) is 0 Å². The fourth-order valence-corrected chi connectivity index (χ4v) is 2.52. The average molecular weight is 334 g/mol. The van der Waals surface area contributed by atoms with Crippen molar-refractivity contribution >= 4 is 36.4 Å². The van der Waals surface area contributed by atoms with Crippen molar-refractivity contribution in [3.63, 3.8) is 0 Å². The van der Waals surface area contributed by atoms with Gasteiger partial charge in [0, 0.05) is 18.3 Å². The van der Waals surface area contributed by atoms with Crippen LogP contribution in [0.1, 0.15) is 24.0 Å². The Morgan fingerprint density at radius 3 is 2.52 bits per heavy atom. The van der Waals surface area contributed by atoms with Gasteiger partial charge in [0.1, 0.15) is 0 Å². The van der Waals surface area contributed by atoms with Gasteiger partial charge in [-0.1, -0.05) is 18.2 Å². The Morgan fingerprint density at radius 1 is 1.29 bits per heavy atom. The maximum atomic E-state index is 11.9. The number of para-hydroxylation sites is 1. The number of amides is 1. The zero-order valence-electron chi connectivity index (χ0n) is 12.6. The third-order valence-corrected chi connectivity index (χ3v) is 3.57. The first-order valence-corrected chi connectivity index (χ1v) is 6.97. The average Bonchev–Trinajstić information content (AvgIpc) is 2.39. The van der Waals surface area contributed by atoms with Crippen molar-refractivity contribution in [1.29, 1.82) is 0 Å². The van der Waals surface area contributed by atoms with Crippen molar-refractivity contribution in [2.24, 2.45) is 0 Å². The maximum absolute atomic E-state index is 11.9. The molecule has 120 valence electrons. The molecule has 1 aliphatic heterocycles. The Balaban J connectivity index is 0.00000200. The Morgan fingerprint density at radius 2 is 1.95 bits per heavy atom. The molecule has 1 fully saturated rings. The standard InChI is InChI=1S/C15H23N3O.2ClH/c1-11-5-3-6-12(2)15(11)17-10-14(19)18-13-7-4-8-16-9-13;;/h3,5-6,13,16-17H,4,7-10H2,1-2H3,(H,18,19);2*1H. The van der Waals surface area contributed by atoms with E-state index in [0.717, 1.165) is 31.6 Å². The molecule has 1 unspecified atom stereocenters. The number of aryl methyl sites for hydroxylation is 2. The first-order chi connectivity index (χ1) is 9.16. The summed E-state index contributed by atoms with van der Waals surface area (Å²) in [6.07, 6.45) is 2.21. The summed E-state index contributed by atoms with van der Waals surface area (Å²) in [6, 6.07) is 6.42. The van der Waals surface area contributed by atoms with Gasteiger partial charge in [-0.15, -0.1) is 24.8 Å². The first-order valence-electron chi connectivity index (χ1n) is 6.97. The molecule has 1 aromatic rings. The molecule has 2 rings (SSSR count). The number of rotatable bonds is 4. The van der Waals surface area contributed by atoms with Crippen LogP contribution in [0.5, 0.6) is 0 Å². The van der Waals surface area contributed by atoms with Crippen molar-refractivity contribution < 1.29 is 4.79 Å². The van der Waals surface area contributed by atoms with Crippen LogP contribution in [0.4, 0.5) is 5.69 Å². The smallest absolute Gasteiger partial charge is 0.239 e. The number of piperidine rings is 1. The Hall–Kier alpha value is -0.970. The lowest BCUT2D eigenvalue weighted by Gasteiger charge is -2.24. The molecule has 0 radical (unpaired) electrons. The zero-order chi connectivity index (χ0) is 13.7. The normalized spacial score (nSPS) is 17.1. The molecule has 1 aliphatic rings. The van der Waals surface area contributed by atoms with Crippen molar-refractivity contribution in [3.05, 3.63) is 29.3 Å². The van der Waals surface area contributed by atoms with E-state index < -0.39 is 0 Å². The first kappa shape index (κ1) is 20.0. The van der Waals surface area contributed by atoms with E-state index in [-0.39, 0.29) is 36.8 Å². The summed E-state index contributed by atoms with van der Waals surface area (Å²) >= 11 is 0. The van der Waals surface area contributed by atoms with Gasteiger partial charge in [-0.2, -0.15) is 0 Å². The number of anilines is 1. The molecule has 1 heterocycles. The van der Waals surface area contributed by atoms with Crippen molar-refractivity contribution in [3.8, 4) is 0 Å². The number of carbonyl (C=O) groups is 1. The fraction of sp³-hybridized carbons (Fsp3) is 0.533. The Labute approximate surface area is 139 Å². The number of hydrogen-bond donors (Lipinski definition) is 3. The van der Waals surface area contributed by atoms with Crippen LogP contribution in [0, 0.1) is 13.8 Å². The lowest BCUT2D eigenvalue weighted by molar-refractivity contribution is -0.120. The predicted molar refractivity (Wildman–Crippen MR) is 92.9 cm³/mol. The number of halogens is 2. The maximum Gasteiger partial charge on any atom is 0.239 e. The minimum atomic E-state index is 0. The lowest BCUT2D eigenvalue weighted by Crippen LogP contribution is -2.47. The summed E-state index contributed by atoms with van der Waals surface area (Å²) in [5, 5.41) is 9.60. The van der Waals surface area contributed by atoms with Gasteiger partial charge in [0.25, 0.3) is 0 Å². The van der Waals surface area contributed by atoms with Crippen molar-refractivity contribution in [1.82, 2.24) is 10.6 Å². The second-order valence-corrected chi connectivity index (χ2v) is 5.23. The van der Waals surface area contributed by atoms with E-state index in [1.54, 1.807) is 0 Å². The van der Waals surface area contributed by atoms with E-state index in [2.05, 4.69) is 41.9 Å². The van der Waals surface area contributed by atoms with Crippen LogP contribution in [0.3, 0.4) is 0 Å². The summed E-state index contributed by atoms with van der Waals surface area (Å²) in [5.41, 5.74) is 3.42. The third-order valence-electron chi connectivity index (χ3n) is 3.57. The Kier molecular flexibility index (Phi) is 9.42. The molecule has 1 atom stereocenters. The van der Waals surface area contributed by atoms with Gasteiger partial charge < -0.3 is 16.0 Å². The van der Waals surface area contributed by atoms with Gasteiger partial charge in [-0.3, -0.25) is 4.79 Å². The van der Waals surface area contributed by atoms with E-state index in [0.29, 0.717) is 6.54 Å². The molecule has 0 aromatic heterocycles. The monoisotopic (exact) mass is 333 g/mol. The predicted octanol–water partition coefficient (Wildman–Crippen LogP) is 2.43. The highest BCUT2D eigenvalue weighted by Gasteiger charge is 2.15. The fourth-order valence-electron chi connectivity index (χ4n) is 2.52. The summed E-state index contributed by atoms with van der Waals surface area (Å²) in [5.74, 6) is 0.0661. The van der Waals surface area contributed by atoms with Crippen LogP contribution >= 0.6 is 24.8 Å². The number of nitrogens with one attached hydrogen (secondary N) is 3. The van der Waals surface area contributed by atoms with Gasteiger partial charge in [-0.25, -0.2) is 0 Å². The lowest BCUT2D eigenvalue weighted by atomic mass is 10.1. The molecule has 4 nitrogen and oxygen atoms in total. The topological polar surface area (TPSA) is 53.2 Å². The Bertz CT molecular complexity index is 428. The highest BCUT2D eigenvalue weighted by Crippen LogP contribution is 2.18. The highest BCUT2D eigenvalue weighted by atomic mass is 35.5. The number of benzene rings is 1. The van der Waals surface area contributed by atoms with Crippen LogP contribution < -0.4 is 16.0 Å². The van der Waals surface area contributed by atoms with Crippen LogP contribution in [-0.4, -0.2) is 31.6 Å². The van der Waals surface area contributed by atoms with Crippen LogP contribution in [0.15, 0.2) is 18.2 Å². The molecule has 3 N–H and O–H groups in total. The molecule has 0 aliphatic carbocycles. The second-order valence-electron chi connectivity index (χ2n) is 5.23. The van der Waals surface area contributed by atoms with Gasteiger partial charge >= 0.3 is 0 Å². The number of hydrogen-bond acceptors (Lipinski definition) is 3. The van der Waals surface area contributed by atoms with Gasteiger partial charge in [0.2, 0.25) is 5.91 Å². The van der Waals surface area contributed by atoms with Crippen LogP contribution in [-0.2, 0) is 4.79 Å². The van der Waals surface area contributed by atoms with Crippen LogP contribution in [0.25, 0.3) is 0 Å². The summed E-state index contributed by atoms with van der Waals surface area (Å²) in [6.45, 7) is 6.39. The molecule has 21 heavy (non-hydrogen) atoms. The van der Waals surface area contributed by atoms with E-state index >= 15 is 0 Å². The highest BCUT2D eigenvalue weighted by molar-refractivity contribution is 5.85. The molecule has 0 spiro atoms. The van der Waals surface area contributed by atoms with E-state index in [1.807, 2.05) is 6.07 Å². The molecule has 1 amide bonds. The third kappa shape index (κ3) is 6.12. The minimum absolute atomic E-state index is 0. The summed E-state index contributed by atoms with van der Waals surface area (Å²) in [4.78, 5) is 11.9. The SMILES string of the molecule is Cc1cccc(C)c1NCC(=O)NC1CCCNC1.Cl.Cl. The van der Waals surface area contributed by atoms with Gasteiger partial charge in [0.05, 0.1) is 6.54 Å². The summed E-state index contributed by atoms with van der Waals surface area (Å²) < 4.78 is 0.